The van der Waals surface area contributed by atoms with Gasteiger partial charge in [-0.1, -0.05) is 0 Å². The van der Waals surface area contributed by atoms with E-state index in [9.17, 15) is 4.79 Å². The Kier molecular flexibility index (Phi) is 6.99. The number of carbonyl (C=O) groups excluding carboxylic acids is 1. The largest absolute Gasteiger partial charge is 0.497 e. The minimum absolute atomic E-state index is 0.244. The number of anilines is 2. The van der Waals surface area contributed by atoms with Crippen LogP contribution in [0.1, 0.15) is 10.5 Å². The number of benzene rings is 1. The summed E-state index contributed by atoms with van der Waals surface area (Å²) in [5, 5.41) is 5.99. The Labute approximate surface area is 164 Å². The number of hydrogen-bond acceptors (Lipinski definition) is 8. The quantitative estimate of drug-likeness (QED) is 0.700. The van der Waals surface area contributed by atoms with Crippen molar-refractivity contribution in [2.24, 2.45) is 0 Å². The summed E-state index contributed by atoms with van der Waals surface area (Å²) in [6.07, 6.45) is 2.95. The van der Waals surface area contributed by atoms with Gasteiger partial charge in [-0.15, -0.1) is 0 Å². The van der Waals surface area contributed by atoms with Crippen molar-refractivity contribution in [1.29, 1.82) is 0 Å². The molecule has 1 aliphatic heterocycles. The predicted octanol–water partition coefficient (Wildman–Crippen LogP) is 1.30. The predicted molar refractivity (Wildman–Crippen MR) is 104 cm³/mol. The van der Waals surface area contributed by atoms with Crippen molar-refractivity contribution < 1.29 is 19.0 Å². The fraction of sp³-hybridized carbons (Fsp3) is 0.421. The molecular weight excluding hydrogens is 362 g/mol. The van der Waals surface area contributed by atoms with Crippen LogP contribution in [-0.4, -0.2) is 74.4 Å². The fourth-order valence-electron chi connectivity index (χ4n) is 2.80. The standard InChI is InChI=1S/C19H25N5O4/c1-26-14-3-4-17(27-2)15(11-14)23-18-13-21-16(12-22-18)19(25)20-5-6-24-7-9-28-10-8-24/h3-4,11-13H,5-10H2,1-2H3,(H,20,25)(H,22,23). The number of rotatable bonds is 8. The molecule has 9 heteroatoms. The minimum atomic E-state index is -0.244. The molecule has 0 atom stereocenters. The highest BCUT2D eigenvalue weighted by atomic mass is 16.5. The van der Waals surface area contributed by atoms with Gasteiger partial charge in [-0.2, -0.15) is 0 Å². The highest BCUT2D eigenvalue weighted by Gasteiger charge is 2.12. The maximum atomic E-state index is 12.2. The summed E-state index contributed by atoms with van der Waals surface area (Å²) in [6.45, 7) is 4.62. The third kappa shape index (κ3) is 5.30. The van der Waals surface area contributed by atoms with E-state index < -0.39 is 0 Å². The molecular formula is C19H25N5O4. The zero-order valence-corrected chi connectivity index (χ0v) is 16.1. The average Bonchev–Trinajstić information content (AvgIpc) is 2.75. The summed E-state index contributed by atoms with van der Waals surface area (Å²) in [7, 11) is 3.18. The van der Waals surface area contributed by atoms with Crippen LogP contribution in [0, 0.1) is 0 Å². The van der Waals surface area contributed by atoms with E-state index in [1.165, 1.54) is 12.4 Å². The van der Waals surface area contributed by atoms with E-state index in [-0.39, 0.29) is 11.6 Å². The van der Waals surface area contributed by atoms with E-state index in [1.807, 2.05) is 0 Å². The summed E-state index contributed by atoms with van der Waals surface area (Å²) >= 11 is 0. The van der Waals surface area contributed by atoms with Gasteiger partial charge in [-0.3, -0.25) is 9.69 Å². The lowest BCUT2D eigenvalue weighted by molar-refractivity contribution is 0.0383. The van der Waals surface area contributed by atoms with Crippen molar-refractivity contribution in [1.82, 2.24) is 20.2 Å². The van der Waals surface area contributed by atoms with Gasteiger partial charge < -0.3 is 24.8 Å². The van der Waals surface area contributed by atoms with Gasteiger partial charge in [0.25, 0.3) is 5.91 Å². The summed E-state index contributed by atoms with van der Waals surface area (Å²) in [5.74, 6) is 1.59. The van der Waals surface area contributed by atoms with Crippen molar-refractivity contribution in [2.75, 3.05) is 58.9 Å². The summed E-state index contributed by atoms with van der Waals surface area (Å²) in [5.41, 5.74) is 0.962. The molecule has 1 saturated heterocycles. The molecule has 2 heterocycles. The molecule has 0 saturated carbocycles. The molecule has 0 aliphatic carbocycles. The van der Waals surface area contributed by atoms with Gasteiger partial charge in [0.05, 0.1) is 45.5 Å². The SMILES string of the molecule is COc1ccc(OC)c(Nc2cnc(C(=O)NCCN3CCOCC3)cn2)c1. The third-order valence-corrected chi connectivity index (χ3v) is 4.37. The summed E-state index contributed by atoms with van der Waals surface area (Å²) < 4.78 is 15.9. The molecule has 3 rings (SSSR count). The highest BCUT2D eigenvalue weighted by molar-refractivity contribution is 5.92. The maximum absolute atomic E-state index is 12.2. The minimum Gasteiger partial charge on any atom is -0.497 e. The number of morpholine rings is 1. The number of carbonyl (C=O) groups is 1. The average molecular weight is 387 g/mol. The van der Waals surface area contributed by atoms with Crippen LogP contribution in [0.3, 0.4) is 0 Å². The number of aromatic nitrogens is 2. The van der Waals surface area contributed by atoms with Crippen LogP contribution in [0.4, 0.5) is 11.5 Å². The first-order chi connectivity index (χ1) is 13.7. The van der Waals surface area contributed by atoms with Crippen LogP contribution < -0.4 is 20.1 Å². The first-order valence-corrected chi connectivity index (χ1v) is 9.09. The number of nitrogens with zero attached hydrogens (tertiary/aromatic N) is 3. The van der Waals surface area contributed by atoms with Crippen molar-refractivity contribution in [3.8, 4) is 11.5 Å². The molecule has 1 aromatic heterocycles. The Morgan fingerprint density at radius 1 is 1.18 bits per heavy atom. The van der Waals surface area contributed by atoms with Crippen LogP contribution in [-0.2, 0) is 4.74 Å². The molecule has 0 unspecified atom stereocenters. The lowest BCUT2D eigenvalue weighted by Crippen LogP contribution is -2.41. The Balaban J connectivity index is 1.55. The van der Waals surface area contributed by atoms with Crippen LogP contribution in [0.15, 0.2) is 30.6 Å². The van der Waals surface area contributed by atoms with Gasteiger partial charge in [0, 0.05) is 32.2 Å². The second-order valence-electron chi connectivity index (χ2n) is 6.19. The van der Waals surface area contributed by atoms with E-state index >= 15 is 0 Å². The summed E-state index contributed by atoms with van der Waals surface area (Å²) in [4.78, 5) is 22.9. The fourth-order valence-corrected chi connectivity index (χ4v) is 2.80. The molecule has 0 spiro atoms. The first kappa shape index (κ1) is 19.8. The number of amides is 1. The molecule has 0 radical (unpaired) electrons. The van der Waals surface area contributed by atoms with E-state index in [0.29, 0.717) is 29.5 Å². The van der Waals surface area contributed by atoms with Crippen molar-refractivity contribution in [3.63, 3.8) is 0 Å². The highest BCUT2D eigenvalue weighted by Crippen LogP contribution is 2.30. The van der Waals surface area contributed by atoms with Crippen LogP contribution in [0.5, 0.6) is 11.5 Å². The third-order valence-electron chi connectivity index (χ3n) is 4.37. The van der Waals surface area contributed by atoms with Crippen LogP contribution in [0.25, 0.3) is 0 Å². The Morgan fingerprint density at radius 2 is 2.00 bits per heavy atom. The molecule has 2 N–H and O–H groups in total. The Bertz CT molecular complexity index is 778. The Morgan fingerprint density at radius 3 is 2.68 bits per heavy atom. The van der Waals surface area contributed by atoms with E-state index in [1.54, 1.807) is 32.4 Å². The number of ether oxygens (including phenoxy) is 3. The smallest absolute Gasteiger partial charge is 0.271 e. The van der Waals surface area contributed by atoms with Gasteiger partial charge in [0.15, 0.2) is 0 Å². The molecule has 1 aliphatic rings. The molecule has 150 valence electrons. The summed E-state index contributed by atoms with van der Waals surface area (Å²) in [6, 6.07) is 5.40. The van der Waals surface area contributed by atoms with E-state index in [2.05, 4.69) is 25.5 Å². The first-order valence-electron chi connectivity index (χ1n) is 9.09. The second-order valence-corrected chi connectivity index (χ2v) is 6.19. The van der Waals surface area contributed by atoms with Gasteiger partial charge in [-0.25, -0.2) is 9.97 Å². The van der Waals surface area contributed by atoms with Crippen molar-refractivity contribution >= 4 is 17.4 Å². The number of nitrogens with one attached hydrogen (secondary N) is 2. The second kappa shape index (κ2) is 9.86. The lowest BCUT2D eigenvalue weighted by Gasteiger charge is -2.26. The topological polar surface area (TPSA) is 97.8 Å². The molecule has 1 aromatic carbocycles. The van der Waals surface area contributed by atoms with Gasteiger partial charge in [0.1, 0.15) is 23.0 Å². The van der Waals surface area contributed by atoms with Crippen LogP contribution in [0.2, 0.25) is 0 Å². The van der Waals surface area contributed by atoms with Crippen molar-refractivity contribution in [3.05, 3.63) is 36.3 Å². The zero-order valence-electron chi connectivity index (χ0n) is 16.1. The zero-order chi connectivity index (χ0) is 19.8. The van der Waals surface area contributed by atoms with Gasteiger partial charge >= 0.3 is 0 Å². The van der Waals surface area contributed by atoms with Crippen LogP contribution >= 0.6 is 0 Å². The number of hydrogen-bond donors (Lipinski definition) is 2. The Hall–Kier alpha value is -2.91. The lowest BCUT2D eigenvalue weighted by atomic mass is 10.2. The monoisotopic (exact) mass is 387 g/mol. The molecule has 9 nitrogen and oxygen atoms in total. The molecule has 2 aromatic rings. The molecule has 28 heavy (non-hydrogen) atoms. The normalized spacial score (nSPS) is 14.4. The van der Waals surface area contributed by atoms with Gasteiger partial charge in [-0.05, 0) is 12.1 Å². The van der Waals surface area contributed by atoms with E-state index in [0.717, 1.165) is 32.8 Å². The molecule has 1 fully saturated rings. The molecule has 0 bridgehead atoms. The number of methoxy groups -OCH3 is 2. The van der Waals surface area contributed by atoms with Gasteiger partial charge in [0.2, 0.25) is 0 Å². The molecule has 1 amide bonds. The van der Waals surface area contributed by atoms with Crippen molar-refractivity contribution in [2.45, 2.75) is 0 Å². The van der Waals surface area contributed by atoms with E-state index in [4.69, 9.17) is 14.2 Å². The maximum Gasteiger partial charge on any atom is 0.271 e.